The number of carboxylic acid groups (broad SMARTS) is 1. The molecule has 49 heavy (non-hydrogen) atoms. The number of nitrogens with one attached hydrogen (secondary N) is 1. The van der Waals surface area contributed by atoms with Gasteiger partial charge in [0.2, 0.25) is 5.89 Å². The number of ketones is 1. The van der Waals surface area contributed by atoms with Crippen molar-refractivity contribution in [3.05, 3.63) is 167 Å². The lowest BCUT2D eigenvalue weighted by molar-refractivity contribution is -0.137. The lowest BCUT2D eigenvalue weighted by Gasteiger charge is -2.18. The largest absolute Gasteiger partial charge is 0.493 e. The Morgan fingerprint density at radius 1 is 0.776 bits per heavy atom. The average Bonchev–Trinajstić information content (AvgIpc) is 3.52. The van der Waals surface area contributed by atoms with E-state index in [0.717, 1.165) is 28.1 Å². The first-order chi connectivity index (χ1) is 23.9. The van der Waals surface area contributed by atoms with Gasteiger partial charge in [0.05, 0.1) is 12.3 Å². The molecule has 5 aromatic carbocycles. The van der Waals surface area contributed by atoms with E-state index in [4.69, 9.17) is 13.9 Å². The second-order valence-corrected chi connectivity index (χ2v) is 11.5. The number of carbonyl (C=O) groups is 2. The van der Waals surface area contributed by atoms with Gasteiger partial charge < -0.3 is 24.3 Å². The zero-order valence-electron chi connectivity index (χ0n) is 27.0. The first-order valence-corrected chi connectivity index (χ1v) is 16.1. The quantitative estimate of drug-likeness (QED) is 0.107. The van der Waals surface area contributed by atoms with E-state index in [-0.39, 0.29) is 12.2 Å². The number of anilines is 1. The molecule has 1 atom stereocenters. The van der Waals surface area contributed by atoms with Crippen LogP contribution in [-0.2, 0) is 24.2 Å². The van der Waals surface area contributed by atoms with Crippen molar-refractivity contribution in [3.63, 3.8) is 0 Å². The van der Waals surface area contributed by atoms with Gasteiger partial charge in [-0.05, 0) is 66.6 Å². The number of nitrogens with zero attached hydrogens (tertiary/aromatic N) is 1. The van der Waals surface area contributed by atoms with Crippen molar-refractivity contribution in [3.8, 4) is 23.0 Å². The first-order valence-electron chi connectivity index (χ1n) is 16.1. The van der Waals surface area contributed by atoms with Crippen LogP contribution >= 0.6 is 0 Å². The second-order valence-electron chi connectivity index (χ2n) is 11.5. The number of aliphatic carboxylic acids is 1. The van der Waals surface area contributed by atoms with Crippen molar-refractivity contribution >= 4 is 17.4 Å². The molecule has 1 unspecified atom stereocenters. The third kappa shape index (κ3) is 8.61. The Bertz CT molecular complexity index is 2010. The van der Waals surface area contributed by atoms with Crippen LogP contribution in [0, 0.1) is 6.92 Å². The summed E-state index contributed by atoms with van der Waals surface area (Å²) in [5.41, 5.74) is 4.84. The van der Waals surface area contributed by atoms with Crippen molar-refractivity contribution in [1.29, 1.82) is 0 Å². The molecule has 6 rings (SSSR count). The molecule has 0 amide bonds. The Balaban J connectivity index is 1.06. The van der Waals surface area contributed by atoms with Gasteiger partial charge in [0.1, 0.15) is 29.9 Å². The molecule has 0 radical (unpaired) electrons. The number of oxazole rings is 1. The summed E-state index contributed by atoms with van der Waals surface area (Å²) in [5.74, 6) is 1.31. The van der Waals surface area contributed by atoms with Gasteiger partial charge in [-0.3, -0.25) is 4.79 Å². The highest BCUT2D eigenvalue weighted by molar-refractivity contribution is 6.12. The van der Waals surface area contributed by atoms with E-state index in [2.05, 4.69) is 10.3 Å². The first kappa shape index (κ1) is 32.8. The summed E-state index contributed by atoms with van der Waals surface area (Å²) >= 11 is 0. The molecule has 1 aromatic heterocycles. The van der Waals surface area contributed by atoms with E-state index < -0.39 is 12.0 Å². The molecule has 0 saturated carbocycles. The number of rotatable bonds is 15. The lowest BCUT2D eigenvalue weighted by atomic mass is 10.00. The molecular weight excluding hydrogens is 616 g/mol. The summed E-state index contributed by atoms with van der Waals surface area (Å²) in [4.78, 5) is 30.6. The van der Waals surface area contributed by atoms with Gasteiger partial charge >= 0.3 is 5.97 Å². The summed E-state index contributed by atoms with van der Waals surface area (Å²) < 4.78 is 17.7. The standard InChI is InChI=1S/C41H36N2O6/c1-28-36(43-40(49-28)31-13-6-3-7-14-31)23-24-47-33-21-19-29(20-22-33)25-38(41(45)46)42-37-18-9-8-17-35(37)39(44)32-15-10-16-34(26-32)48-27-30-11-4-2-5-12-30/h2-22,26,38,42H,23-25,27H2,1H3,(H,45,46). The van der Waals surface area contributed by atoms with Gasteiger partial charge in [0, 0.05) is 35.2 Å². The monoisotopic (exact) mass is 652 g/mol. The Kier molecular flexibility index (Phi) is 10.5. The number of carbonyl (C=O) groups excluding carboxylic acids is 1. The number of carboxylic acids is 1. The number of hydrogen-bond acceptors (Lipinski definition) is 7. The average molecular weight is 653 g/mol. The highest BCUT2D eigenvalue weighted by Gasteiger charge is 2.22. The Morgan fingerprint density at radius 2 is 1.49 bits per heavy atom. The summed E-state index contributed by atoms with van der Waals surface area (Å²) in [6.07, 6.45) is 0.777. The van der Waals surface area contributed by atoms with Gasteiger partial charge in [-0.15, -0.1) is 0 Å². The normalized spacial score (nSPS) is 11.4. The number of para-hydroxylation sites is 1. The molecule has 2 N–H and O–H groups in total. The molecule has 0 bridgehead atoms. The van der Waals surface area contributed by atoms with Crippen LogP contribution in [0.5, 0.6) is 11.5 Å². The maximum Gasteiger partial charge on any atom is 0.326 e. The topological polar surface area (TPSA) is 111 Å². The minimum Gasteiger partial charge on any atom is -0.493 e. The summed E-state index contributed by atoms with van der Waals surface area (Å²) in [7, 11) is 0. The molecular formula is C41H36N2O6. The molecule has 6 aromatic rings. The van der Waals surface area contributed by atoms with Crippen LogP contribution in [0.15, 0.2) is 138 Å². The number of ether oxygens (including phenoxy) is 2. The minimum atomic E-state index is -1.03. The predicted molar refractivity (Wildman–Crippen MR) is 188 cm³/mol. The molecule has 0 aliphatic carbocycles. The van der Waals surface area contributed by atoms with Crippen LogP contribution in [0.2, 0.25) is 0 Å². The maximum atomic E-state index is 13.6. The third-order valence-electron chi connectivity index (χ3n) is 8.03. The van der Waals surface area contributed by atoms with Crippen molar-refractivity contribution in [2.45, 2.75) is 32.4 Å². The van der Waals surface area contributed by atoms with Crippen molar-refractivity contribution in [1.82, 2.24) is 4.98 Å². The van der Waals surface area contributed by atoms with Gasteiger partial charge in [-0.2, -0.15) is 0 Å². The maximum absolute atomic E-state index is 13.6. The van der Waals surface area contributed by atoms with E-state index >= 15 is 0 Å². The summed E-state index contributed by atoms with van der Waals surface area (Å²) in [6.45, 7) is 2.68. The molecule has 0 aliphatic heterocycles. The Labute approximate surface area is 285 Å². The van der Waals surface area contributed by atoms with Gasteiger partial charge in [0.15, 0.2) is 5.78 Å². The number of aryl methyl sites for hydroxylation is 1. The van der Waals surface area contributed by atoms with Crippen LogP contribution in [0.1, 0.15) is 38.5 Å². The van der Waals surface area contributed by atoms with E-state index in [1.807, 2.05) is 91.9 Å². The fourth-order valence-corrected chi connectivity index (χ4v) is 5.41. The third-order valence-corrected chi connectivity index (χ3v) is 8.03. The fraction of sp³-hybridized carbons (Fsp3) is 0.146. The van der Waals surface area contributed by atoms with Crippen molar-refractivity contribution in [2.24, 2.45) is 0 Å². The smallest absolute Gasteiger partial charge is 0.326 e. The van der Waals surface area contributed by atoms with Crippen LogP contribution < -0.4 is 14.8 Å². The van der Waals surface area contributed by atoms with Crippen LogP contribution in [0.4, 0.5) is 5.69 Å². The predicted octanol–water partition coefficient (Wildman–Crippen LogP) is 8.19. The van der Waals surface area contributed by atoms with Crippen molar-refractivity contribution in [2.75, 3.05) is 11.9 Å². The molecule has 0 spiro atoms. The number of aromatic nitrogens is 1. The molecule has 0 fully saturated rings. The Morgan fingerprint density at radius 3 is 2.24 bits per heavy atom. The van der Waals surface area contributed by atoms with Gasteiger partial charge in [-0.1, -0.05) is 84.9 Å². The minimum absolute atomic E-state index is 0.196. The zero-order chi connectivity index (χ0) is 34.0. The van der Waals surface area contributed by atoms with Crippen LogP contribution in [-0.4, -0.2) is 34.5 Å². The number of benzene rings is 5. The Hall–Kier alpha value is -6.15. The SMILES string of the molecule is Cc1oc(-c2ccccc2)nc1CCOc1ccc(CC(Nc2ccccc2C(=O)c2cccc(OCc3ccccc3)c2)C(=O)O)cc1. The lowest BCUT2D eigenvalue weighted by Crippen LogP contribution is -2.32. The highest BCUT2D eigenvalue weighted by atomic mass is 16.5. The van der Waals surface area contributed by atoms with Gasteiger partial charge in [-0.25, -0.2) is 9.78 Å². The van der Waals surface area contributed by atoms with E-state index in [9.17, 15) is 14.7 Å². The van der Waals surface area contributed by atoms with E-state index in [1.165, 1.54) is 0 Å². The molecule has 1 heterocycles. The second kappa shape index (κ2) is 15.6. The summed E-state index contributed by atoms with van der Waals surface area (Å²) in [6, 6.07) is 39.8. The molecule has 246 valence electrons. The van der Waals surface area contributed by atoms with Crippen LogP contribution in [0.25, 0.3) is 11.5 Å². The molecule has 8 heteroatoms. The zero-order valence-corrected chi connectivity index (χ0v) is 27.0. The molecule has 0 saturated heterocycles. The van der Waals surface area contributed by atoms with Gasteiger partial charge in [0.25, 0.3) is 0 Å². The fourth-order valence-electron chi connectivity index (χ4n) is 5.41. The van der Waals surface area contributed by atoms with E-state index in [1.54, 1.807) is 48.5 Å². The van der Waals surface area contributed by atoms with Crippen LogP contribution in [0.3, 0.4) is 0 Å². The highest BCUT2D eigenvalue weighted by Crippen LogP contribution is 2.25. The molecule has 0 aliphatic rings. The van der Waals surface area contributed by atoms with Crippen molar-refractivity contribution < 1.29 is 28.6 Å². The molecule has 8 nitrogen and oxygen atoms in total. The van der Waals surface area contributed by atoms with E-state index in [0.29, 0.717) is 53.8 Å². The number of hydrogen-bond donors (Lipinski definition) is 2. The summed E-state index contributed by atoms with van der Waals surface area (Å²) in [5, 5.41) is 13.2.